The Morgan fingerprint density at radius 3 is 2.76 bits per heavy atom. The second-order valence-electron chi connectivity index (χ2n) is 5.01. The summed E-state index contributed by atoms with van der Waals surface area (Å²) in [4.78, 5) is 11.9. The van der Waals surface area contributed by atoms with E-state index in [1.807, 2.05) is 48.1 Å². The van der Waals surface area contributed by atoms with Gasteiger partial charge in [-0.1, -0.05) is 19.1 Å². The summed E-state index contributed by atoms with van der Waals surface area (Å²) in [6, 6.07) is 9.36. The predicted octanol–water partition coefficient (Wildman–Crippen LogP) is 1.82. The molecule has 1 heterocycles. The average Bonchev–Trinajstić information content (AvgIpc) is 3.00. The fraction of sp³-hybridized carbons (Fsp3) is 0.375. The first-order valence-corrected chi connectivity index (χ1v) is 7.21. The molecule has 5 heteroatoms. The maximum atomic E-state index is 11.9. The molecule has 112 valence electrons. The molecular weight excluding hydrogens is 266 g/mol. The highest BCUT2D eigenvalue weighted by molar-refractivity contribution is 5.94. The van der Waals surface area contributed by atoms with E-state index in [0.717, 1.165) is 5.56 Å². The molecule has 1 aromatic carbocycles. The Morgan fingerprint density at radius 1 is 1.38 bits per heavy atom. The smallest absolute Gasteiger partial charge is 0.251 e. The molecule has 2 rings (SSSR count). The molecule has 0 radical (unpaired) electrons. The normalized spacial score (nSPS) is 12.1. The molecule has 21 heavy (non-hydrogen) atoms. The van der Waals surface area contributed by atoms with Gasteiger partial charge in [-0.05, 0) is 36.6 Å². The third-order valence-corrected chi connectivity index (χ3v) is 3.35. The lowest BCUT2D eigenvalue weighted by Crippen LogP contribution is -2.27. The van der Waals surface area contributed by atoms with Gasteiger partial charge >= 0.3 is 0 Å². The predicted molar refractivity (Wildman–Crippen MR) is 81.0 cm³/mol. The Kier molecular flexibility index (Phi) is 5.51. The third-order valence-electron chi connectivity index (χ3n) is 3.35. The van der Waals surface area contributed by atoms with Gasteiger partial charge in [0.05, 0.1) is 12.6 Å². The van der Waals surface area contributed by atoms with Gasteiger partial charge in [-0.2, -0.15) is 5.10 Å². The van der Waals surface area contributed by atoms with Crippen molar-refractivity contribution in [1.82, 2.24) is 15.1 Å². The quantitative estimate of drug-likeness (QED) is 0.816. The minimum Gasteiger partial charge on any atom is -0.393 e. The number of amides is 1. The van der Waals surface area contributed by atoms with E-state index < -0.39 is 0 Å². The molecule has 0 fully saturated rings. The zero-order valence-corrected chi connectivity index (χ0v) is 12.2. The molecule has 0 aliphatic carbocycles. The van der Waals surface area contributed by atoms with Crippen molar-refractivity contribution in [3.63, 3.8) is 0 Å². The molecule has 0 saturated carbocycles. The molecule has 0 saturated heterocycles. The number of benzene rings is 1. The largest absolute Gasteiger partial charge is 0.393 e. The Hall–Kier alpha value is -2.14. The van der Waals surface area contributed by atoms with Crippen molar-refractivity contribution in [2.24, 2.45) is 0 Å². The van der Waals surface area contributed by atoms with E-state index in [1.165, 1.54) is 0 Å². The minimum atomic E-state index is -0.346. The summed E-state index contributed by atoms with van der Waals surface area (Å²) >= 11 is 0. The summed E-state index contributed by atoms with van der Waals surface area (Å²) in [6.45, 7) is 3.10. The van der Waals surface area contributed by atoms with E-state index in [9.17, 15) is 9.90 Å². The highest BCUT2D eigenvalue weighted by Gasteiger charge is 2.06. The van der Waals surface area contributed by atoms with Crippen LogP contribution in [0.2, 0.25) is 0 Å². The average molecular weight is 287 g/mol. The van der Waals surface area contributed by atoms with E-state index in [4.69, 9.17) is 0 Å². The SMILES string of the molecule is CCC(O)CCNC(=O)c1ccc(Cn2cccn2)cc1. The highest BCUT2D eigenvalue weighted by Crippen LogP contribution is 2.06. The lowest BCUT2D eigenvalue weighted by molar-refractivity contribution is 0.0942. The number of carbonyl (C=O) groups excluding carboxylic acids is 1. The van der Waals surface area contributed by atoms with Crippen molar-refractivity contribution in [3.05, 3.63) is 53.9 Å². The summed E-state index contributed by atoms with van der Waals surface area (Å²) in [7, 11) is 0. The zero-order chi connectivity index (χ0) is 15.1. The summed E-state index contributed by atoms with van der Waals surface area (Å²) in [5.74, 6) is -0.107. The van der Waals surface area contributed by atoms with Crippen molar-refractivity contribution in [1.29, 1.82) is 0 Å². The number of aromatic nitrogens is 2. The number of aliphatic hydroxyl groups is 1. The zero-order valence-electron chi connectivity index (χ0n) is 12.2. The number of nitrogens with one attached hydrogen (secondary N) is 1. The number of hydrogen-bond acceptors (Lipinski definition) is 3. The molecule has 2 aromatic rings. The van der Waals surface area contributed by atoms with Crippen LogP contribution in [0.15, 0.2) is 42.7 Å². The first kappa shape index (κ1) is 15.3. The van der Waals surface area contributed by atoms with Gasteiger partial charge in [0, 0.05) is 24.5 Å². The minimum absolute atomic E-state index is 0.107. The van der Waals surface area contributed by atoms with Gasteiger partial charge in [-0.3, -0.25) is 9.48 Å². The molecule has 1 atom stereocenters. The third kappa shape index (κ3) is 4.72. The Labute approximate surface area is 124 Å². The van der Waals surface area contributed by atoms with Crippen molar-refractivity contribution < 1.29 is 9.90 Å². The summed E-state index contributed by atoms with van der Waals surface area (Å²) in [5, 5.41) is 16.4. The van der Waals surface area contributed by atoms with Gasteiger partial charge in [0.15, 0.2) is 0 Å². The van der Waals surface area contributed by atoms with Crippen LogP contribution in [0.4, 0.5) is 0 Å². The Morgan fingerprint density at radius 2 is 2.14 bits per heavy atom. The van der Waals surface area contributed by atoms with E-state index in [2.05, 4.69) is 10.4 Å². The second-order valence-corrected chi connectivity index (χ2v) is 5.01. The first-order chi connectivity index (χ1) is 10.2. The van der Waals surface area contributed by atoms with Crippen LogP contribution < -0.4 is 5.32 Å². The fourth-order valence-electron chi connectivity index (χ4n) is 2.00. The second kappa shape index (κ2) is 7.59. The lowest BCUT2D eigenvalue weighted by Gasteiger charge is -2.09. The first-order valence-electron chi connectivity index (χ1n) is 7.21. The van der Waals surface area contributed by atoms with Gasteiger partial charge in [-0.25, -0.2) is 0 Å². The number of hydrogen-bond donors (Lipinski definition) is 2. The standard InChI is InChI=1S/C16H21N3O2/c1-2-15(20)8-10-17-16(21)14-6-4-13(5-7-14)12-19-11-3-9-18-19/h3-7,9,11,15,20H,2,8,10,12H2,1H3,(H,17,21). The van der Waals surface area contributed by atoms with Gasteiger partial charge in [0.25, 0.3) is 5.91 Å². The van der Waals surface area contributed by atoms with Gasteiger partial charge in [0.1, 0.15) is 0 Å². The van der Waals surface area contributed by atoms with Crippen LogP contribution in [0.5, 0.6) is 0 Å². The maximum Gasteiger partial charge on any atom is 0.251 e. The fourth-order valence-corrected chi connectivity index (χ4v) is 2.00. The highest BCUT2D eigenvalue weighted by atomic mass is 16.3. The van der Waals surface area contributed by atoms with Crippen LogP contribution in [0.25, 0.3) is 0 Å². The van der Waals surface area contributed by atoms with Gasteiger partial charge < -0.3 is 10.4 Å². The van der Waals surface area contributed by atoms with Crippen molar-refractivity contribution in [2.75, 3.05) is 6.54 Å². The molecule has 1 aromatic heterocycles. The molecule has 2 N–H and O–H groups in total. The number of aliphatic hydroxyl groups excluding tert-OH is 1. The molecule has 0 spiro atoms. The molecule has 1 amide bonds. The molecule has 0 aliphatic rings. The van der Waals surface area contributed by atoms with Crippen molar-refractivity contribution in [3.8, 4) is 0 Å². The number of nitrogens with zero attached hydrogens (tertiary/aromatic N) is 2. The molecule has 5 nitrogen and oxygen atoms in total. The summed E-state index contributed by atoms with van der Waals surface area (Å²) in [5.41, 5.74) is 1.72. The van der Waals surface area contributed by atoms with E-state index in [1.54, 1.807) is 6.20 Å². The van der Waals surface area contributed by atoms with Crippen LogP contribution >= 0.6 is 0 Å². The number of carbonyl (C=O) groups is 1. The summed E-state index contributed by atoms with van der Waals surface area (Å²) < 4.78 is 1.83. The van der Waals surface area contributed by atoms with E-state index >= 15 is 0 Å². The van der Waals surface area contributed by atoms with Crippen LogP contribution in [-0.2, 0) is 6.54 Å². The summed E-state index contributed by atoms with van der Waals surface area (Å²) in [6.07, 6.45) is 4.59. The van der Waals surface area contributed by atoms with Crippen molar-refractivity contribution >= 4 is 5.91 Å². The van der Waals surface area contributed by atoms with Crippen molar-refractivity contribution in [2.45, 2.75) is 32.4 Å². The monoisotopic (exact) mass is 287 g/mol. The van der Waals surface area contributed by atoms with E-state index in [0.29, 0.717) is 31.5 Å². The van der Waals surface area contributed by atoms with E-state index in [-0.39, 0.29) is 12.0 Å². The molecular formula is C16H21N3O2. The van der Waals surface area contributed by atoms with Crippen LogP contribution in [0, 0.1) is 0 Å². The Bertz CT molecular complexity index is 549. The van der Waals surface area contributed by atoms with Gasteiger partial charge in [0.2, 0.25) is 0 Å². The van der Waals surface area contributed by atoms with Gasteiger partial charge in [-0.15, -0.1) is 0 Å². The molecule has 0 aliphatic heterocycles. The molecule has 1 unspecified atom stereocenters. The van der Waals surface area contributed by atoms with Crippen LogP contribution in [0.3, 0.4) is 0 Å². The Balaban J connectivity index is 1.85. The molecule has 0 bridgehead atoms. The van der Waals surface area contributed by atoms with Crippen LogP contribution in [-0.4, -0.2) is 33.4 Å². The maximum absolute atomic E-state index is 11.9. The van der Waals surface area contributed by atoms with Crippen LogP contribution in [0.1, 0.15) is 35.7 Å². The number of rotatable bonds is 7. The topological polar surface area (TPSA) is 67.2 Å². The lowest BCUT2D eigenvalue weighted by atomic mass is 10.1.